The number of imidazole rings is 1. The fourth-order valence-electron chi connectivity index (χ4n) is 6.11. The molecule has 208 valence electrons. The van der Waals surface area contributed by atoms with E-state index in [9.17, 15) is 0 Å². The lowest BCUT2D eigenvalue weighted by molar-refractivity contribution is 0.811. The molecule has 0 unspecified atom stereocenters. The highest BCUT2D eigenvalue weighted by Crippen LogP contribution is 2.42. The van der Waals surface area contributed by atoms with Crippen LogP contribution in [0.25, 0.3) is 59.4 Å². The Kier molecular flexibility index (Phi) is 5.04. The number of hydrogen-bond acceptors (Lipinski definition) is 2. The molecule has 0 bridgehead atoms. The molecule has 0 aliphatic heterocycles. The minimum atomic E-state index is -2.49. The zero-order chi connectivity index (χ0) is 34.1. The van der Waals surface area contributed by atoms with E-state index in [1.807, 2.05) is 42.5 Å². The first-order valence-corrected chi connectivity index (χ1v) is 15.3. The molecule has 0 atom stereocenters. The molecule has 0 spiro atoms. The van der Waals surface area contributed by atoms with Crippen molar-refractivity contribution in [2.75, 3.05) is 0 Å². The summed E-state index contributed by atoms with van der Waals surface area (Å²) in [5.41, 5.74) is 8.70. The van der Waals surface area contributed by atoms with Gasteiger partial charge >= 0.3 is 0 Å². The summed E-state index contributed by atoms with van der Waals surface area (Å²) in [7, 11) is 0. The van der Waals surface area contributed by atoms with Gasteiger partial charge in [0.05, 0.1) is 16.7 Å². The second-order valence-corrected chi connectivity index (χ2v) is 12.7. The highest BCUT2D eigenvalue weighted by molar-refractivity contribution is 7.25. The van der Waals surface area contributed by atoms with Crippen LogP contribution in [0.15, 0.2) is 97.1 Å². The zero-order valence-electron chi connectivity index (χ0n) is 30.2. The number of hydrogen-bond donors (Lipinski definition) is 0. The van der Waals surface area contributed by atoms with Gasteiger partial charge < -0.3 is 0 Å². The van der Waals surface area contributed by atoms with Crippen LogP contribution in [0.4, 0.5) is 0 Å². The molecular weight excluding hydrogens is 529 g/mol. The van der Waals surface area contributed by atoms with Crippen LogP contribution < -0.4 is 0 Å². The fourth-order valence-corrected chi connectivity index (χ4v) is 7.26. The van der Waals surface area contributed by atoms with Gasteiger partial charge in [0.1, 0.15) is 5.82 Å². The van der Waals surface area contributed by atoms with Crippen molar-refractivity contribution in [3.05, 3.63) is 119 Å². The number of aryl methyl sites for hydroxylation is 2. The second-order valence-electron chi connectivity index (χ2n) is 11.6. The first kappa shape index (κ1) is 20.6. The van der Waals surface area contributed by atoms with Gasteiger partial charge in [0.25, 0.3) is 0 Å². The summed E-state index contributed by atoms with van der Waals surface area (Å²) in [5.74, 6) is 1.20. The minimum Gasteiger partial charge on any atom is -0.292 e. The van der Waals surface area contributed by atoms with Gasteiger partial charge in [0, 0.05) is 34.0 Å². The highest BCUT2D eigenvalue weighted by atomic mass is 32.1. The molecule has 0 aliphatic carbocycles. The van der Waals surface area contributed by atoms with Crippen molar-refractivity contribution < 1.29 is 8.22 Å². The predicted molar refractivity (Wildman–Crippen MR) is 182 cm³/mol. The van der Waals surface area contributed by atoms with Crippen molar-refractivity contribution in [3.63, 3.8) is 0 Å². The Hall–Kier alpha value is -4.21. The van der Waals surface area contributed by atoms with Crippen molar-refractivity contribution >= 4 is 42.5 Å². The maximum absolute atomic E-state index is 8.35. The summed E-state index contributed by atoms with van der Waals surface area (Å²) < 4.78 is 52.8. The van der Waals surface area contributed by atoms with Gasteiger partial charge in [-0.05, 0) is 107 Å². The third-order valence-corrected chi connectivity index (χ3v) is 9.25. The fraction of sp³-hybridized carbons (Fsp3) is 0.205. The SMILES string of the molecule is [2H]C([2H])([2H])c1cc(C([2H])([2H])[2H])c2c(c1)sc1ccc(-c3nc4ccccc4n3-c3c(C(C)C)cc(-c4ccccc4)cc3C(C)C)cc12. The van der Waals surface area contributed by atoms with Crippen LogP contribution in [0, 0.1) is 13.7 Å². The number of benzene rings is 5. The average Bonchev–Trinajstić information content (AvgIpc) is 3.61. The van der Waals surface area contributed by atoms with Crippen molar-refractivity contribution in [3.8, 4) is 28.2 Å². The number of fused-ring (bicyclic) bond motifs is 4. The summed E-state index contributed by atoms with van der Waals surface area (Å²) >= 11 is 1.42. The van der Waals surface area contributed by atoms with E-state index in [1.54, 1.807) is 6.07 Å². The van der Waals surface area contributed by atoms with E-state index < -0.39 is 13.7 Å². The first-order chi connectivity index (χ1) is 22.7. The van der Waals surface area contributed by atoms with Crippen LogP contribution in [-0.4, -0.2) is 9.55 Å². The standard InChI is InChI=1S/C39H36N2S/c1-23(2)30-21-29(27-12-8-7-9-13-27)22-31(24(3)4)38(30)41-34-15-11-10-14-33(34)40-39(41)28-16-17-35-32(20-28)37-26(6)18-25(5)19-36(37)42-35/h7-24H,1-6H3/i5D3,6D3. The van der Waals surface area contributed by atoms with E-state index in [0.717, 1.165) is 38.2 Å². The van der Waals surface area contributed by atoms with Crippen LogP contribution in [0.3, 0.4) is 0 Å². The minimum absolute atomic E-state index is 0.0380. The van der Waals surface area contributed by atoms with Gasteiger partial charge in [-0.15, -0.1) is 11.3 Å². The molecule has 2 nitrogen and oxygen atoms in total. The monoisotopic (exact) mass is 570 g/mol. The van der Waals surface area contributed by atoms with Gasteiger partial charge in [0.2, 0.25) is 0 Å². The van der Waals surface area contributed by atoms with Crippen LogP contribution in [0.5, 0.6) is 0 Å². The van der Waals surface area contributed by atoms with Crippen LogP contribution in [-0.2, 0) is 0 Å². The van der Waals surface area contributed by atoms with Crippen molar-refractivity contribution in [1.82, 2.24) is 9.55 Å². The maximum Gasteiger partial charge on any atom is 0.145 e. The van der Waals surface area contributed by atoms with E-state index in [4.69, 9.17) is 13.2 Å². The lowest BCUT2D eigenvalue weighted by Crippen LogP contribution is -2.09. The zero-order valence-corrected chi connectivity index (χ0v) is 25.0. The van der Waals surface area contributed by atoms with Crippen molar-refractivity contribution in [2.45, 2.75) is 53.2 Å². The molecule has 42 heavy (non-hydrogen) atoms. The number of rotatable bonds is 5. The molecule has 3 heteroatoms. The molecule has 0 saturated heterocycles. The number of aromatic nitrogens is 2. The molecule has 0 radical (unpaired) electrons. The molecule has 0 saturated carbocycles. The quantitative estimate of drug-likeness (QED) is 0.201. The molecule has 0 amide bonds. The van der Waals surface area contributed by atoms with E-state index in [0.29, 0.717) is 10.1 Å². The normalized spacial score (nSPS) is 14.7. The molecule has 0 fully saturated rings. The lowest BCUT2D eigenvalue weighted by atomic mass is 9.88. The Morgan fingerprint density at radius 1 is 0.690 bits per heavy atom. The molecule has 0 aliphatic rings. The van der Waals surface area contributed by atoms with E-state index >= 15 is 0 Å². The molecular formula is C39H36N2S. The number of para-hydroxylation sites is 2. The molecule has 7 rings (SSSR count). The summed E-state index contributed by atoms with van der Waals surface area (Å²) in [6.45, 7) is 4.00. The summed E-state index contributed by atoms with van der Waals surface area (Å²) in [5, 5.41) is 1.35. The first-order valence-electron chi connectivity index (χ1n) is 17.4. The van der Waals surface area contributed by atoms with Crippen LogP contribution in [0.2, 0.25) is 0 Å². The second kappa shape index (κ2) is 10.3. The molecule has 2 heterocycles. The summed E-state index contributed by atoms with van der Waals surface area (Å²) in [6.07, 6.45) is 0. The number of nitrogens with zero attached hydrogens (tertiary/aromatic N) is 2. The smallest absolute Gasteiger partial charge is 0.145 e. The topological polar surface area (TPSA) is 17.8 Å². The summed E-state index contributed by atoms with van der Waals surface area (Å²) in [6, 6.07) is 32.3. The largest absolute Gasteiger partial charge is 0.292 e. The van der Waals surface area contributed by atoms with E-state index in [-0.39, 0.29) is 23.0 Å². The van der Waals surface area contributed by atoms with E-state index in [1.165, 1.54) is 39.7 Å². The van der Waals surface area contributed by atoms with Crippen LogP contribution >= 0.6 is 11.3 Å². The highest BCUT2D eigenvalue weighted by Gasteiger charge is 2.24. The van der Waals surface area contributed by atoms with Crippen molar-refractivity contribution in [2.24, 2.45) is 0 Å². The molecule has 0 N–H and O–H groups in total. The Balaban J connectivity index is 1.54. The van der Waals surface area contributed by atoms with Gasteiger partial charge in [-0.25, -0.2) is 4.98 Å². The number of thiophene rings is 1. The van der Waals surface area contributed by atoms with Gasteiger partial charge in [0.15, 0.2) is 0 Å². The molecule has 7 aromatic rings. The van der Waals surface area contributed by atoms with Gasteiger partial charge in [-0.1, -0.05) is 76.2 Å². The third kappa shape index (κ3) is 4.35. The molecule has 5 aromatic carbocycles. The van der Waals surface area contributed by atoms with Crippen LogP contribution in [0.1, 0.15) is 70.0 Å². The Morgan fingerprint density at radius 2 is 1.43 bits per heavy atom. The van der Waals surface area contributed by atoms with E-state index in [2.05, 4.69) is 74.7 Å². The average molecular weight is 571 g/mol. The van der Waals surface area contributed by atoms with Gasteiger partial charge in [-0.2, -0.15) is 0 Å². The Morgan fingerprint density at radius 3 is 2.14 bits per heavy atom. The molecule has 2 aromatic heterocycles. The predicted octanol–water partition coefficient (Wildman–Crippen LogP) is 11.6. The Bertz CT molecular complexity index is 2300. The third-order valence-electron chi connectivity index (χ3n) is 8.13. The lowest BCUT2D eigenvalue weighted by Gasteiger charge is -2.24. The van der Waals surface area contributed by atoms with Crippen molar-refractivity contribution in [1.29, 1.82) is 0 Å². The summed E-state index contributed by atoms with van der Waals surface area (Å²) in [4.78, 5) is 5.21. The Labute approximate surface area is 260 Å². The van der Waals surface area contributed by atoms with Gasteiger partial charge in [-0.3, -0.25) is 4.57 Å². The maximum atomic E-state index is 8.35.